The molecule has 0 aliphatic carbocycles. The molecule has 0 bridgehead atoms. The van der Waals surface area contributed by atoms with E-state index in [1.807, 2.05) is 6.07 Å². The number of hydrogen-bond acceptors (Lipinski definition) is 4. The van der Waals surface area contributed by atoms with Crippen molar-refractivity contribution in [1.82, 2.24) is 0 Å². The van der Waals surface area contributed by atoms with Crippen LogP contribution in [0.1, 0.15) is 16.8 Å². The molecule has 0 aliphatic rings. The maximum absolute atomic E-state index is 11.8. The minimum atomic E-state index is -0.532. The Morgan fingerprint density at radius 2 is 2.06 bits per heavy atom. The van der Waals surface area contributed by atoms with E-state index >= 15 is 0 Å². The Bertz CT molecular complexity index is 385. The zero-order valence-corrected chi connectivity index (χ0v) is 11.6. The number of esters is 1. The summed E-state index contributed by atoms with van der Waals surface area (Å²) in [6.45, 7) is 0.362. The Morgan fingerprint density at radius 1 is 1.39 bits per heavy atom. The molecule has 2 atom stereocenters. The number of hydrogen-bond donors (Lipinski definition) is 0. The van der Waals surface area contributed by atoms with E-state index in [1.165, 1.54) is 0 Å². The maximum atomic E-state index is 11.8. The summed E-state index contributed by atoms with van der Waals surface area (Å²) in [6.07, 6.45) is 0.334. The van der Waals surface area contributed by atoms with E-state index in [2.05, 4.69) is 15.9 Å². The Balaban J connectivity index is 2.66. The number of aldehydes is 1. The van der Waals surface area contributed by atoms with Gasteiger partial charge in [-0.25, -0.2) is 4.79 Å². The van der Waals surface area contributed by atoms with Crippen LogP contribution in [0.5, 0.6) is 0 Å². The third-order valence-electron chi connectivity index (χ3n) is 2.33. The Kier molecular flexibility index (Phi) is 6.68. The van der Waals surface area contributed by atoms with Crippen LogP contribution in [0.3, 0.4) is 0 Å². The highest BCUT2D eigenvalue weighted by Crippen LogP contribution is 2.15. The summed E-state index contributed by atoms with van der Waals surface area (Å²) in [6, 6.07) is 8.66. The Hall–Kier alpha value is -1.14. The molecule has 1 rings (SSSR count). The molecule has 96 valence electrons. The lowest BCUT2D eigenvalue weighted by atomic mass is 10.2. The van der Waals surface area contributed by atoms with Crippen molar-refractivity contribution >= 4 is 36.2 Å². The highest BCUT2D eigenvalue weighted by atomic mass is 79.9. The van der Waals surface area contributed by atoms with Crippen molar-refractivity contribution in [2.24, 2.45) is 0 Å². The summed E-state index contributed by atoms with van der Waals surface area (Å²) in [4.78, 5) is 22.2. The van der Waals surface area contributed by atoms with Gasteiger partial charge in [0, 0.05) is 13.0 Å². The largest absolute Gasteiger partial charge is 0.457 e. The fourth-order valence-electron chi connectivity index (χ4n) is 1.41. The molecule has 6 heteroatoms. The molecule has 18 heavy (non-hydrogen) atoms. The summed E-state index contributed by atoms with van der Waals surface area (Å²) < 4.78 is 10.3. The summed E-state index contributed by atoms with van der Waals surface area (Å²) in [5, 5.41) is 0. The van der Waals surface area contributed by atoms with Gasteiger partial charge in [-0.05, 0) is 12.1 Å². The van der Waals surface area contributed by atoms with Gasteiger partial charge in [0.2, 0.25) is 0 Å². The van der Waals surface area contributed by atoms with E-state index in [1.54, 1.807) is 32.3 Å². The first-order chi connectivity index (χ1) is 8.69. The molecular weight excluding hydrogens is 299 g/mol. The molecule has 0 aromatic heterocycles. The average molecular weight is 313 g/mol. The number of rotatable bonds is 7. The van der Waals surface area contributed by atoms with Gasteiger partial charge in [-0.15, -0.1) is 0 Å². The monoisotopic (exact) mass is 312 g/mol. The van der Waals surface area contributed by atoms with Crippen LogP contribution < -0.4 is 0 Å². The molecule has 0 spiro atoms. The van der Waals surface area contributed by atoms with Gasteiger partial charge < -0.3 is 14.2 Å². The van der Waals surface area contributed by atoms with Crippen LogP contribution in [-0.2, 0) is 14.2 Å². The van der Waals surface area contributed by atoms with Crippen molar-refractivity contribution in [3.8, 4) is 0 Å². The van der Waals surface area contributed by atoms with Crippen LogP contribution in [0, 0.1) is 0 Å². The number of carbonyl (C=O) groups is 2. The molecule has 4 nitrogen and oxygen atoms in total. The normalized spacial score (nSPS) is 13.6. The van der Waals surface area contributed by atoms with Gasteiger partial charge in [-0.1, -0.05) is 34.1 Å². The first-order valence-corrected chi connectivity index (χ1v) is 6.43. The molecule has 0 amide bonds. The SMILES string of the molecule is BOC[C@H](Br)[C@H](CC=O)OC(=O)c1ccccc1. The molecule has 0 fully saturated rings. The maximum Gasteiger partial charge on any atom is 0.338 e. The van der Waals surface area contributed by atoms with E-state index in [0.717, 1.165) is 6.29 Å². The van der Waals surface area contributed by atoms with Crippen molar-refractivity contribution in [2.45, 2.75) is 17.4 Å². The van der Waals surface area contributed by atoms with E-state index < -0.39 is 12.1 Å². The van der Waals surface area contributed by atoms with Crippen LogP contribution >= 0.6 is 15.9 Å². The third-order valence-corrected chi connectivity index (χ3v) is 3.18. The summed E-state index contributed by atoms with van der Waals surface area (Å²) in [5.41, 5.74) is 0.463. The van der Waals surface area contributed by atoms with Gasteiger partial charge in [-0.3, -0.25) is 0 Å². The Morgan fingerprint density at radius 3 is 2.61 bits per heavy atom. The van der Waals surface area contributed by atoms with Gasteiger partial charge in [0.15, 0.2) is 0 Å². The molecule has 1 aromatic rings. The smallest absolute Gasteiger partial charge is 0.338 e. The van der Waals surface area contributed by atoms with E-state index in [9.17, 15) is 9.59 Å². The standard InChI is InChI=1S/C12H14BBrO4/c13-17-8-10(14)11(6-7-15)18-12(16)9-4-2-1-3-5-9/h1-5,7,10-11H,6,8,13H2/t10-,11-/m0/s1. The van der Waals surface area contributed by atoms with Gasteiger partial charge in [0.05, 0.1) is 10.4 Å². The van der Waals surface area contributed by atoms with Crippen molar-refractivity contribution in [2.75, 3.05) is 6.61 Å². The summed E-state index contributed by atoms with van der Waals surface area (Å²) in [7, 11) is 1.55. The number of benzene rings is 1. The quantitative estimate of drug-likeness (QED) is 0.328. The van der Waals surface area contributed by atoms with Crippen molar-refractivity contribution in [3.05, 3.63) is 35.9 Å². The van der Waals surface area contributed by atoms with Crippen molar-refractivity contribution in [1.29, 1.82) is 0 Å². The van der Waals surface area contributed by atoms with E-state index in [-0.39, 0.29) is 11.2 Å². The van der Waals surface area contributed by atoms with Gasteiger partial charge in [0.25, 0.3) is 8.05 Å². The first-order valence-electron chi connectivity index (χ1n) is 5.51. The van der Waals surface area contributed by atoms with Crippen LogP contribution in [0.4, 0.5) is 0 Å². The highest BCUT2D eigenvalue weighted by Gasteiger charge is 2.23. The second-order valence-electron chi connectivity index (χ2n) is 3.68. The van der Waals surface area contributed by atoms with Crippen LogP contribution in [0.2, 0.25) is 0 Å². The van der Waals surface area contributed by atoms with Gasteiger partial charge >= 0.3 is 5.97 Å². The fraction of sp³-hybridized carbons (Fsp3) is 0.333. The second-order valence-corrected chi connectivity index (χ2v) is 4.86. The number of ether oxygens (including phenoxy) is 1. The summed E-state index contributed by atoms with van der Waals surface area (Å²) in [5.74, 6) is -0.442. The molecule has 0 aliphatic heterocycles. The first kappa shape index (κ1) is 14.9. The predicted molar refractivity (Wildman–Crippen MR) is 73.5 cm³/mol. The van der Waals surface area contributed by atoms with Crippen LogP contribution in [0.25, 0.3) is 0 Å². The molecule has 0 saturated heterocycles. The average Bonchev–Trinajstić information content (AvgIpc) is 2.39. The molecule has 0 N–H and O–H groups in total. The third kappa shape index (κ3) is 4.62. The van der Waals surface area contributed by atoms with Gasteiger partial charge in [-0.2, -0.15) is 0 Å². The Labute approximate surface area is 115 Å². The van der Waals surface area contributed by atoms with E-state index in [4.69, 9.17) is 9.39 Å². The topological polar surface area (TPSA) is 52.6 Å². The lowest BCUT2D eigenvalue weighted by Crippen LogP contribution is -2.31. The zero-order chi connectivity index (χ0) is 13.4. The lowest BCUT2D eigenvalue weighted by molar-refractivity contribution is -0.109. The number of carbonyl (C=O) groups excluding carboxylic acids is 2. The highest BCUT2D eigenvalue weighted by molar-refractivity contribution is 9.09. The predicted octanol–water partition coefficient (Wildman–Crippen LogP) is 1.13. The van der Waals surface area contributed by atoms with Crippen LogP contribution in [-0.4, -0.2) is 37.8 Å². The summed E-state index contributed by atoms with van der Waals surface area (Å²) >= 11 is 3.35. The second kappa shape index (κ2) is 8.05. The van der Waals surface area contributed by atoms with E-state index in [0.29, 0.717) is 12.2 Å². The fourth-order valence-corrected chi connectivity index (χ4v) is 2.00. The molecule has 1 aromatic carbocycles. The molecule has 0 saturated carbocycles. The minimum Gasteiger partial charge on any atom is -0.457 e. The van der Waals surface area contributed by atoms with Crippen molar-refractivity contribution in [3.63, 3.8) is 0 Å². The molecule has 0 unspecified atom stereocenters. The number of halogens is 1. The van der Waals surface area contributed by atoms with Gasteiger partial charge in [0.1, 0.15) is 12.4 Å². The molecule has 0 radical (unpaired) electrons. The van der Waals surface area contributed by atoms with Crippen molar-refractivity contribution < 1.29 is 19.0 Å². The minimum absolute atomic E-state index is 0.137. The zero-order valence-electron chi connectivity index (χ0n) is 10.0. The molecule has 0 heterocycles. The van der Waals surface area contributed by atoms with Crippen LogP contribution in [0.15, 0.2) is 30.3 Å². The lowest BCUT2D eigenvalue weighted by Gasteiger charge is -2.20. The molecular formula is C12H14BBrO4. The number of alkyl halides is 1.